The molecule has 0 fully saturated rings. The molecule has 27 aromatic carbocycles. The van der Waals surface area contributed by atoms with Gasteiger partial charge < -0.3 is 13.3 Å². The summed E-state index contributed by atoms with van der Waals surface area (Å²) in [7, 11) is 0. The first-order valence-electron chi connectivity index (χ1n) is 48.6. The highest BCUT2D eigenvalue weighted by Crippen LogP contribution is 2.56. The highest BCUT2D eigenvalue weighted by atomic mass is 16.3. The van der Waals surface area contributed by atoms with E-state index in [-0.39, 0.29) is 0 Å². The number of benzene rings is 27. The Balaban J connectivity index is 0.000000104. The van der Waals surface area contributed by atoms with Gasteiger partial charge in [0.15, 0.2) is 0 Å². The molecule has 0 amide bonds. The molecule has 30 rings (SSSR count). The fourth-order valence-corrected chi connectivity index (χ4v) is 23.6. The number of para-hydroxylation sites is 3. The lowest BCUT2D eigenvalue weighted by molar-refractivity contribution is 0.669. The molecule has 3 heteroatoms. The van der Waals surface area contributed by atoms with Crippen molar-refractivity contribution in [2.75, 3.05) is 0 Å². The number of furan rings is 3. The summed E-state index contributed by atoms with van der Waals surface area (Å²) < 4.78 is 20.3. The molecular formula is C138H84O3. The monoisotopic (exact) mass is 1790 g/mol. The van der Waals surface area contributed by atoms with Gasteiger partial charge in [0.25, 0.3) is 0 Å². The molecule has 0 bridgehead atoms. The van der Waals surface area contributed by atoms with Crippen LogP contribution in [0.4, 0.5) is 0 Å². The van der Waals surface area contributed by atoms with E-state index in [1.54, 1.807) is 0 Å². The SMILES string of the molecule is c1ccc2c(-c3c4ccccc4c(-c4ccc(-c5cccc6ccccc56)c5oc6ccccc6c45)c4ccccc34)cccc2c1.c1ccc2c(-c3c4ccccc4c(-c4cccc5oc6c(-c7cccc8ccccc78)cccc6c45)c4ccccc34)cccc2c1.c1ccc2c(-c3cc(-c4c5ccccc5c(-c5cccc6ccccc56)c5ccccc45)c4c(c3)oc3ccccc34)cccc2c1. The van der Waals surface area contributed by atoms with Crippen molar-refractivity contribution < 1.29 is 13.3 Å². The molecule has 0 atom stereocenters. The molecule has 3 heterocycles. The fourth-order valence-electron chi connectivity index (χ4n) is 23.6. The summed E-state index contributed by atoms with van der Waals surface area (Å²) in [6.07, 6.45) is 0. The third-order valence-electron chi connectivity index (χ3n) is 29.6. The number of hydrogen-bond acceptors (Lipinski definition) is 3. The minimum atomic E-state index is 0.900. The molecule has 0 saturated heterocycles. The third-order valence-corrected chi connectivity index (χ3v) is 29.6. The van der Waals surface area contributed by atoms with Gasteiger partial charge in [0.05, 0.1) is 0 Å². The molecule has 3 aromatic heterocycles. The normalized spacial score (nSPS) is 11.8. The van der Waals surface area contributed by atoms with Crippen molar-refractivity contribution in [3.8, 4) is 100 Å². The Labute approximate surface area is 812 Å². The predicted octanol–water partition coefficient (Wildman–Crippen LogP) is 39.6. The van der Waals surface area contributed by atoms with Crippen LogP contribution in [-0.2, 0) is 0 Å². The van der Waals surface area contributed by atoms with Crippen LogP contribution in [-0.4, -0.2) is 0 Å². The van der Waals surface area contributed by atoms with Crippen molar-refractivity contribution in [2.24, 2.45) is 0 Å². The zero-order chi connectivity index (χ0) is 92.7. The van der Waals surface area contributed by atoms with Crippen LogP contribution >= 0.6 is 0 Å². The first-order valence-corrected chi connectivity index (χ1v) is 48.6. The molecular weight excluding hydrogens is 1710 g/mol. The summed E-state index contributed by atoms with van der Waals surface area (Å²) in [6, 6.07) is 184. The van der Waals surface area contributed by atoms with Gasteiger partial charge in [-0.1, -0.05) is 473 Å². The maximum absolute atomic E-state index is 6.81. The van der Waals surface area contributed by atoms with Gasteiger partial charge in [-0.3, -0.25) is 0 Å². The molecule has 0 N–H and O–H groups in total. The van der Waals surface area contributed by atoms with Gasteiger partial charge >= 0.3 is 0 Å². The van der Waals surface area contributed by atoms with E-state index in [2.05, 4.69) is 510 Å². The molecule has 141 heavy (non-hydrogen) atoms. The van der Waals surface area contributed by atoms with E-state index in [4.69, 9.17) is 13.3 Å². The van der Waals surface area contributed by atoms with Gasteiger partial charge in [0.2, 0.25) is 0 Å². The van der Waals surface area contributed by atoms with Gasteiger partial charge in [0.1, 0.15) is 33.5 Å². The van der Waals surface area contributed by atoms with Gasteiger partial charge in [-0.05, 0) is 255 Å². The second-order valence-electron chi connectivity index (χ2n) is 37.1. The van der Waals surface area contributed by atoms with Gasteiger partial charge in [-0.15, -0.1) is 0 Å². The molecule has 30 aromatic rings. The van der Waals surface area contributed by atoms with Crippen molar-refractivity contribution in [3.63, 3.8) is 0 Å². The van der Waals surface area contributed by atoms with E-state index in [0.29, 0.717) is 0 Å². The molecule has 0 aliphatic carbocycles. The number of fused-ring (bicyclic) bond motifs is 21. The van der Waals surface area contributed by atoms with Crippen LogP contribution in [0, 0.1) is 0 Å². The summed E-state index contributed by atoms with van der Waals surface area (Å²) in [5, 5.41) is 36.6. The van der Waals surface area contributed by atoms with E-state index in [1.807, 2.05) is 0 Å². The zero-order valence-electron chi connectivity index (χ0n) is 76.7. The van der Waals surface area contributed by atoms with Gasteiger partial charge in [0, 0.05) is 43.4 Å². The van der Waals surface area contributed by atoms with Crippen LogP contribution in [0.1, 0.15) is 0 Å². The summed E-state index contributed by atoms with van der Waals surface area (Å²) >= 11 is 0. The van der Waals surface area contributed by atoms with Crippen molar-refractivity contribution in [1.29, 1.82) is 0 Å². The molecule has 654 valence electrons. The molecule has 0 saturated carbocycles. The fraction of sp³-hybridized carbons (Fsp3) is 0. The number of rotatable bonds is 9. The molecule has 0 spiro atoms. The minimum absolute atomic E-state index is 0.900. The van der Waals surface area contributed by atoms with Crippen molar-refractivity contribution in [3.05, 3.63) is 510 Å². The summed E-state index contributed by atoms with van der Waals surface area (Å²) in [5.74, 6) is 0. The van der Waals surface area contributed by atoms with E-state index in [9.17, 15) is 0 Å². The molecule has 0 aliphatic rings. The smallest absolute Gasteiger partial charge is 0.143 e. The maximum Gasteiger partial charge on any atom is 0.143 e. The van der Waals surface area contributed by atoms with Crippen molar-refractivity contribution in [1.82, 2.24) is 0 Å². The highest BCUT2D eigenvalue weighted by Gasteiger charge is 2.29. The Bertz CT molecular complexity index is 10200. The van der Waals surface area contributed by atoms with Crippen LogP contribution in [0.25, 0.3) is 295 Å². The Kier molecular flexibility index (Phi) is 19.0. The Morgan fingerprint density at radius 2 is 0.326 bits per heavy atom. The Morgan fingerprint density at radius 3 is 0.716 bits per heavy atom. The molecule has 3 nitrogen and oxygen atoms in total. The standard InChI is InChI=1S/3C46H28O/c1-3-17-31-29(13-1)15-9-23-33(31)39-25-11-27-41-45-40(26-12-28-42(45)47-46(39)41)44-37-21-7-5-19-35(37)43(36-20-6-8-22-38(36)44)34-24-10-16-30-14-2-4-18-32(30)34;1-3-17-32-29(13-1)15-11-24-34(32)31-27-41(46-40-23-9-10-26-42(40)47-43(46)28-31)45-38-21-7-5-19-36(38)44(37-20-6-8-22-39(37)45)35-25-12-16-30-14-2-4-18-33(30)35;1-3-17-31-29(13-1)15-11-24-33(31)39-27-28-41(45-40-23-9-10-26-42(40)47-46(39)45)44-37-21-7-5-19-35(37)43(36-20-6-8-22-38(36)44)34-25-12-16-30-14-2-4-18-32(30)34/h3*1-28H. The second kappa shape index (κ2) is 33.2. The first kappa shape index (κ1) is 80.9. The summed E-state index contributed by atoms with van der Waals surface area (Å²) in [4.78, 5) is 0. The average molecular weight is 1790 g/mol. The topological polar surface area (TPSA) is 39.4 Å². The third kappa shape index (κ3) is 13.0. The van der Waals surface area contributed by atoms with Crippen LogP contribution < -0.4 is 0 Å². The van der Waals surface area contributed by atoms with Gasteiger partial charge in [-0.2, -0.15) is 0 Å². The largest absolute Gasteiger partial charge is 0.456 e. The highest BCUT2D eigenvalue weighted by molar-refractivity contribution is 6.33. The van der Waals surface area contributed by atoms with Crippen LogP contribution in [0.3, 0.4) is 0 Å². The van der Waals surface area contributed by atoms with Crippen LogP contribution in [0.2, 0.25) is 0 Å². The minimum Gasteiger partial charge on any atom is -0.456 e. The second-order valence-corrected chi connectivity index (χ2v) is 37.1. The summed E-state index contributed by atoms with van der Waals surface area (Å²) in [6.45, 7) is 0. The van der Waals surface area contributed by atoms with Crippen LogP contribution in [0.15, 0.2) is 523 Å². The van der Waals surface area contributed by atoms with Gasteiger partial charge in [-0.25, -0.2) is 0 Å². The predicted molar refractivity (Wildman–Crippen MR) is 600 cm³/mol. The van der Waals surface area contributed by atoms with Crippen molar-refractivity contribution in [2.45, 2.75) is 0 Å². The van der Waals surface area contributed by atoms with Crippen LogP contribution in [0.5, 0.6) is 0 Å². The first-order chi connectivity index (χ1) is 70.0. The Hall–Kier alpha value is -18.5. The molecule has 0 unspecified atom stereocenters. The quantitative estimate of drug-likeness (QED) is 0.135. The maximum atomic E-state index is 6.81. The lowest BCUT2D eigenvalue weighted by Gasteiger charge is -2.20. The number of hydrogen-bond donors (Lipinski definition) is 0. The van der Waals surface area contributed by atoms with Crippen molar-refractivity contribution >= 4 is 195 Å². The lowest BCUT2D eigenvalue weighted by atomic mass is 9.83. The zero-order valence-corrected chi connectivity index (χ0v) is 76.7. The Morgan fingerprint density at radius 1 is 0.106 bits per heavy atom. The molecule has 0 radical (unpaired) electrons. The van der Waals surface area contributed by atoms with E-state index < -0.39 is 0 Å². The van der Waals surface area contributed by atoms with E-state index >= 15 is 0 Å². The summed E-state index contributed by atoms with van der Waals surface area (Å²) in [5.41, 5.74) is 27.3. The van der Waals surface area contributed by atoms with E-state index in [0.717, 1.165) is 82.5 Å². The average Bonchev–Trinajstić information content (AvgIpc) is 1.71. The lowest BCUT2D eigenvalue weighted by Crippen LogP contribution is -1.93. The molecule has 0 aliphatic heterocycles. The van der Waals surface area contributed by atoms with E-state index in [1.165, 1.54) is 213 Å².